The Morgan fingerprint density at radius 3 is 1.88 bits per heavy atom. The van der Waals surface area contributed by atoms with Gasteiger partial charge in [0, 0.05) is 0 Å². The molecule has 0 atom stereocenters. The van der Waals surface area contributed by atoms with Crippen molar-refractivity contribution in [2.24, 2.45) is 0 Å². The number of rotatable bonds is 6. The van der Waals surface area contributed by atoms with E-state index < -0.39 is 0 Å². The fourth-order valence-corrected chi connectivity index (χ4v) is 1.40. The van der Waals surface area contributed by atoms with Gasteiger partial charge in [-0.25, -0.2) is 9.68 Å². The van der Waals surface area contributed by atoms with Gasteiger partial charge < -0.3 is 0 Å². The molecule has 90 valence electrons. The van der Waals surface area contributed by atoms with Crippen molar-refractivity contribution in [2.45, 2.75) is 33.6 Å². The third-order valence-electron chi connectivity index (χ3n) is 2.26. The lowest BCUT2D eigenvalue weighted by molar-refractivity contribution is -0.0817. The topological polar surface area (TPSA) is 21.7 Å². The van der Waals surface area contributed by atoms with Crippen molar-refractivity contribution in [2.75, 3.05) is 18.4 Å². The Morgan fingerprint density at radius 1 is 1.00 bits per heavy atom. The van der Waals surface area contributed by atoms with Crippen molar-refractivity contribution in [3.05, 3.63) is 29.8 Å². The van der Waals surface area contributed by atoms with E-state index >= 15 is 0 Å². The van der Waals surface area contributed by atoms with Gasteiger partial charge in [0.25, 0.3) is 0 Å². The van der Waals surface area contributed by atoms with Crippen molar-refractivity contribution in [3.8, 4) is 0 Å². The van der Waals surface area contributed by atoms with Gasteiger partial charge in [-0.05, 0) is 37.5 Å². The number of hydrogen-bond donors (Lipinski definition) is 0. The molecule has 0 unspecified atom stereocenters. The van der Waals surface area contributed by atoms with Gasteiger partial charge in [0.15, 0.2) is 0 Å². The molecule has 0 fully saturated rings. The SMILES string of the molecule is CCON(OCC)c1ccc(C(C)C)cc1. The zero-order chi connectivity index (χ0) is 12.0. The maximum atomic E-state index is 5.38. The molecule has 16 heavy (non-hydrogen) atoms. The standard InChI is InChI=1S/C13H21NO2/c1-5-15-14(16-6-2)13-9-7-12(8-10-13)11(3)4/h7-11H,5-6H2,1-4H3. The van der Waals surface area contributed by atoms with Crippen molar-refractivity contribution in [1.82, 2.24) is 0 Å². The number of nitrogens with zero attached hydrogens (tertiary/aromatic N) is 1. The van der Waals surface area contributed by atoms with E-state index in [1.807, 2.05) is 26.0 Å². The van der Waals surface area contributed by atoms with Crippen molar-refractivity contribution >= 4 is 5.69 Å². The molecular formula is C13H21NO2. The van der Waals surface area contributed by atoms with E-state index in [-0.39, 0.29) is 0 Å². The second-order valence-corrected chi connectivity index (χ2v) is 3.84. The van der Waals surface area contributed by atoms with Gasteiger partial charge in [-0.1, -0.05) is 26.0 Å². The summed E-state index contributed by atoms with van der Waals surface area (Å²) in [6.07, 6.45) is 0. The summed E-state index contributed by atoms with van der Waals surface area (Å²) >= 11 is 0. The van der Waals surface area contributed by atoms with Crippen LogP contribution in [-0.4, -0.2) is 13.2 Å². The first-order valence-electron chi connectivity index (χ1n) is 5.85. The van der Waals surface area contributed by atoms with Crippen LogP contribution in [0.3, 0.4) is 0 Å². The predicted octanol–water partition coefficient (Wildman–Crippen LogP) is 3.52. The molecule has 0 N–H and O–H groups in total. The molecule has 0 amide bonds. The Bertz CT molecular complexity index is 289. The normalized spacial score (nSPS) is 10.8. The summed E-state index contributed by atoms with van der Waals surface area (Å²) in [6.45, 7) is 9.41. The minimum Gasteiger partial charge on any atom is -0.249 e. The molecule has 0 aliphatic heterocycles. The summed E-state index contributed by atoms with van der Waals surface area (Å²) in [5.74, 6) is 0.543. The van der Waals surface area contributed by atoms with Gasteiger partial charge in [0.05, 0.1) is 18.9 Å². The minimum absolute atomic E-state index is 0.543. The molecule has 3 heteroatoms. The Kier molecular flexibility index (Phi) is 5.29. The summed E-state index contributed by atoms with van der Waals surface area (Å²) in [7, 11) is 0. The Hall–Kier alpha value is -1.06. The van der Waals surface area contributed by atoms with Crippen molar-refractivity contribution < 1.29 is 9.68 Å². The van der Waals surface area contributed by atoms with Crippen molar-refractivity contribution in [1.29, 1.82) is 0 Å². The lowest BCUT2D eigenvalue weighted by Gasteiger charge is -2.21. The summed E-state index contributed by atoms with van der Waals surface area (Å²) in [6, 6.07) is 8.23. The highest BCUT2D eigenvalue weighted by Gasteiger charge is 2.07. The van der Waals surface area contributed by atoms with Crippen LogP contribution in [0.5, 0.6) is 0 Å². The molecule has 0 saturated heterocycles. The minimum atomic E-state index is 0.543. The van der Waals surface area contributed by atoms with Crippen LogP contribution in [0.2, 0.25) is 0 Å². The van der Waals surface area contributed by atoms with Gasteiger partial charge in [-0.2, -0.15) is 0 Å². The largest absolute Gasteiger partial charge is 0.249 e. The Labute approximate surface area is 97.9 Å². The van der Waals surface area contributed by atoms with Crippen LogP contribution in [0.1, 0.15) is 39.2 Å². The number of anilines is 1. The average molecular weight is 223 g/mol. The molecule has 1 aromatic carbocycles. The van der Waals surface area contributed by atoms with E-state index in [0.717, 1.165) is 5.69 Å². The molecule has 1 aromatic rings. The van der Waals surface area contributed by atoms with Crippen LogP contribution >= 0.6 is 0 Å². The number of hydrogen-bond acceptors (Lipinski definition) is 3. The zero-order valence-corrected chi connectivity index (χ0v) is 10.6. The van der Waals surface area contributed by atoms with Crippen LogP contribution in [0.4, 0.5) is 5.69 Å². The van der Waals surface area contributed by atoms with E-state index in [0.29, 0.717) is 19.1 Å². The van der Waals surface area contributed by atoms with Crippen LogP contribution in [0, 0.1) is 0 Å². The van der Waals surface area contributed by atoms with Crippen LogP contribution in [-0.2, 0) is 9.68 Å². The van der Waals surface area contributed by atoms with Crippen LogP contribution in [0.25, 0.3) is 0 Å². The quantitative estimate of drug-likeness (QED) is 0.689. The molecule has 1 rings (SSSR count). The second-order valence-electron chi connectivity index (χ2n) is 3.84. The van der Waals surface area contributed by atoms with Gasteiger partial charge in [0.1, 0.15) is 0 Å². The molecule has 0 heterocycles. The van der Waals surface area contributed by atoms with Crippen molar-refractivity contribution in [3.63, 3.8) is 0 Å². The van der Waals surface area contributed by atoms with E-state index in [2.05, 4.69) is 26.0 Å². The fourth-order valence-electron chi connectivity index (χ4n) is 1.40. The molecule has 0 aliphatic rings. The molecule has 0 radical (unpaired) electrons. The van der Waals surface area contributed by atoms with E-state index in [9.17, 15) is 0 Å². The maximum Gasteiger partial charge on any atom is 0.0947 e. The summed E-state index contributed by atoms with van der Waals surface area (Å²) in [4.78, 5) is 10.8. The van der Waals surface area contributed by atoms with Gasteiger partial charge in [-0.15, -0.1) is 5.23 Å². The third-order valence-corrected chi connectivity index (χ3v) is 2.26. The first kappa shape index (κ1) is 13.0. The predicted molar refractivity (Wildman–Crippen MR) is 66.3 cm³/mol. The maximum absolute atomic E-state index is 5.38. The first-order valence-corrected chi connectivity index (χ1v) is 5.85. The summed E-state index contributed by atoms with van der Waals surface area (Å²) in [5.41, 5.74) is 2.24. The third kappa shape index (κ3) is 3.51. The molecule has 0 aliphatic carbocycles. The second kappa shape index (κ2) is 6.51. The average Bonchev–Trinajstić information content (AvgIpc) is 2.29. The zero-order valence-electron chi connectivity index (χ0n) is 10.6. The molecule has 3 nitrogen and oxygen atoms in total. The molecule has 0 bridgehead atoms. The van der Waals surface area contributed by atoms with Gasteiger partial charge in [-0.3, -0.25) is 0 Å². The monoisotopic (exact) mass is 223 g/mol. The lowest BCUT2D eigenvalue weighted by Crippen LogP contribution is -2.23. The Morgan fingerprint density at radius 2 is 1.50 bits per heavy atom. The molecule has 0 spiro atoms. The highest BCUT2D eigenvalue weighted by molar-refractivity contribution is 5.43. The van der Waals surface area contributed by atoms with Gasteiger partial charge >= 0.3 is 0 Å². The highest BCUT2D eigenvalue weighted by Crippen LogP contribution is 2.20. The van der Waals surface area contributed by atoms with Crippen LogP contribution < -0.4 is 5.23 Å². The smallest absolute Gasteiger partial charge is 0.0947 e. The lowest BCUT2D eigenvalue weighted by atomic mass is 10.0. The Balaban J connectivity index is 2.76. The summed E-state index contributed by atoms with van der Waals surface area (Å²) < 4.78 is 0. The molecule has 0 aromatic heterocycles. The van der Waals surface area contributed by atoms with Crippen LogP contribution in [0.15, 0.2) is 24.3 Å². The van der Waals surface area contributed by atoms with E-state index in [1.54, 1.807) is 0 Å². The summed E-state index contributed by atoms with van der Waals surface area (Å²) in [5, 5.41) is 1.48. The fraction of sp³-hybridized carbons (Fsp3) is 0.538. The van der Waals surface area contributed by atoms with Gasteiger partial charge in [0.2, 0.25) is 0 Å². The number of benzene rings is 1. The first-order chi connectivity index (χ1) is 7.69. The molecular weight excluding hydrogens is 202 g/mol. The van der Waals surface area contributed by atoms with E-state index in [1.165, 1.54) is 10.8 Å². The molecule has 0 saturated carbocycles. The highest BCUT2D eigenvalue weighted by atomic mass is 16.9. The van der Waals surface area contributed by atoms with E-state index in [4.69, 9.17) is 9.68 Å².